The van der Waals surface area contributed by atoms with E-state index in [1.807, 2.05) is 36.6 Å². The maximum atomic E-state index is 11.8. The molecule has 1 aromatic heterocycles. The lowest BCUT2D eigenvalue weighted by atomic mass is 10.2. The van der Waals surface area contributed by atoms with E-state index in [9.17, 15) is 9.59 Å². The second-order valence-corrected chi connectivity index (χ2v) is 6.30. The first-order valence-electron chi connectivity index (χ1n) is 7.64. The predicted octanol–water partition coefficient (Wildman–Crippen LogP) is 2.55. The second kappa shape index (κ2) is 9.02. The van der Waals surface area contributed by atoms with Crippen LogP contribution in [0.3, 0.4) is 0 Å². The Balaban J connectivity index is 1.73. The van der Waals surface area contributed by atoms with Crippen molar-refractivity contribution in [1.29, 1.82) is 0 Å². The number of amides is 1. The highest BCUT2D eigenvalue weighted by Gasteiger charge is 2.08. The summed E-state index contributed by atoms with van der Waals surface area (Å²) in [6.45, 7) is 2.75. The molecule has 0 radical (unpaired) electrons. The van der Waals surface area contributed by atoms with Gasteiger partial charge in [0.25, 0.3) is 0 Å². The summed E-state index contributed by atoms with van der Waals surface area (Å²) in [5, 5.41) is 13.9. The third-order valence-electron chi connectivity index (χ3n) is 3.21. The summed E-state index contributed by atoms with van der Waals surface area (Å²) in [6.07, 6.45) is 0.666. The van der Waals surface area contributed by atoms with Gasteiger partial charge in [0.1, 0.15) is 17.4 Å². The van der Waals surface area contributed by atoms with Crippen LogP contribution in [0.2, 0.25) is 0 Å². The number of ether oxygens (including phenoxy) is 1. The molecule has 1 heterocycles. The Morgan fingerprint density at radius 3 is 2.75 bits per heavy atom. The van der Waals surface area contributed by atoms with Crippen LogP contribution in [0.25, 0.3) is 0 Å². The van der Waals surface area contributed by atoms with Crippen molar-refractivity contribution in [1.82, 2.24) is 10.3 Å². The molecule has 0 spiro atoms. The molecule has 0 aliphatic heterocycles. The van der Waals surface area contributed by atoms with Gasteiger partial charge >= 0.3 is 5.97 Å². The molecule has 1 aromatic carbocycles. The average molecular weight is 348 g/mol. The van der Waals surface area contributed by atoms with Gasteiger partial charge in [-0.3, -0.25) is 9.59 Å². The van der Waals surface area contributed by atoms with Gasteiger partial charge in [-0.05, 0) is 25.5 Å². The zero-order valence-electron chi connectivity index (χ0n) is 13.4. The smallest absolute Gasteiger partial charge is 0.303 e. The summed E-state index contributed by atoms with van der Waals surface area (Å²) >= 11 is 1.45. The first kappa shape index (κ1) is 17.9. The van der Waals surface area contributed by atoms with E-state index in [-0.39, 0.29) is 18.7 Å². The van der Waals surface area contributed by atoms with E-state index in [1.165, 1.54) is 16.9 Å². The summed E-state index contributed by atoms with van der Waals surface area (Å²) < 4.78 is 5.66. The number of aromatic nitrogens is 1. The van der Waals surface area contributed by atoms with Crippen LogP contribution in [-0.4, -0.2) is 28.5 Å². The van der Waals surface area contributed by atoms with E-state index in [0.29, 0.717) is 25.3 Å². The van der Waals surface area contributed by atoms with Gasteiger partial charge in [0.2, 0.25) is 5.91 Å². The highest BCUT2D eigenvalue weighted by atomic mass is 32.1. The number of nitrogens with zero attached hydrogens (tertiary/aromatic N) is 1. The summed E-state index contributed by atoms with van der Waals surface area (Å²) in [5.41, 5.74) is 1.87. The molecule has 0 fully saturated rings. The monoisotopic (exact) mass is 348 g/mol. The fourth-order valence-corrected chi connectivity index (χ4v) is 2.68. The molecule has 0 aliphatic rings. The van der Waals surface area contributed by atoms with Crippen molar-refractivity contribution in [3.63, 3.8) is 0 Å². The van der Waals surface area contributed by atoms with Gasteiger partial charge in [-0.2, -0.15) is 0 Å². The van der Waals surface area contributed by atoms with Crippen molar-refractivity contribution in [3.8, 4) is 5.75 Å². The molecular weight excluding hydrogens is 328 g/mol. The Morgan fingerprint density at radius 1 is 1.29 bits per heavy atom. The highest BCUT2D eigenvalue weighted by Crippen LogP contribution is 2.16. The van der Waals surface area contributed by atoms with Gasteiger partial charge in [0, 0.05) is 18.3 Å². The molecule has 0 saturated heterocycles. The topological polar surface area (TPSA) is 88.5 Å². The Bertz CT molecular complexity index is 682. The van der Waals surface area contributed by atoms with Crippen LogP contribution in [0.15, 0.2) is 29.6 Å². The van der Waals surface area contributed by atoms with Gasteiger partial charge in [0.05, 0.1) is 12.1 Å². The van der Waals surface area contributed by atoms with E-state index < -0.39 is 5.97 Å². The van der Waals surface area contributed by atoms with Crippen molar-refractivity contribution < 1.29 is 19.4 Å². The van der Waals surface area contributed by atoms with Gasteiger partial charge in [-0.25, -0.2) is 4.98 Å². The van der Waals surface area contributed by atoms with Gasteiger partial charge in [-0.1, -0.05) is 17.7 Å². The Hall–Kier alpha value is -2.41. The van der Waals surface area contributed by atoms with E-state index in [0.717, 1.165) is 10.8 Å². The van der Waals surface area contributed by atoms with E-state index >= 15 is 0 Å². The zero-order chi connectivity index (χ0) is 17.4. The van der Waals surface area contributed by atoms with E-state index in [4.69, 9.17) is 9.84 Å². The summed E-state index contributed by atoms with van der Waals surface area (Å²) in [6, 6.07) is 7.79. The van der Waals surface area contributed by atoms with Crippen molar-refractivity contribution in [2.75, 3.05) is 6.54 Å². The number of hydrogen-bond acceptors (Lipinski definition) is 5. The molecule has 0 unspecified atom stereocenters. The Labute approximate surface area is 144 Å². The Kier molecular flexibility index (Phi) is 6.74. The molecule has 7 heteroatoms. The Morgan fingerprint density at radius 2 is 2.04 bits per heavy atom. The number of hydrogen-bond donors (Lipinski definition) is 2. The lowest BCUT2D eigenvalue weighted by Crippen LogP contribution is -2.26. The quantitative estimate of drug-likeness (QED) is 0.680. The van der Waals surface area contributed by atoms with Crippen molar-refractivity contribution in [2.24, 2.45) is 0 Å². The zero-order valence-corrected chi connectivity index (χ0v) is 14.3. The molecule has 1 amide bonds. The first-order valence-corrected chi connectivity index (χ1v) is 8.52. The molecule has 128 valence electrons. The number of nitrogens with one attached hydrogen (secondary N) is 1. The minimum absolute atomic E-state index is 0.0531. The number of carbonyl (C=O) groups is 2. The number of rotatable bonds is 9. The maximum absolute atomic E-state index is 11.8. The molecule has 2 aromatic rings. The van der Waals surface area contributed by atoms with E-state index in [1.54, 1.807) is 0 Å². The molecule has 0 bridgehead atoms. The van der Waals surface area contributed by atoms with Gasteiger partial charge in [-0.15, -0.1) is 11.3 Å². The van der Waals surface area contributed by atoms with Crippen LogP contribution in [0.1, 0.15) is 29.1 Å². The number of thiazole rings is 1. The number of carboxylic acids is 1. The van der Waals surface area contributed by atoms with Crippen LogP contribution in [0, 0.1) is 6.92 Å². The predicted molar refractivity (Wildman–Crippen MR) is 91.2 cm³/mol. The SMILES string of the molecule is Cc1ccc(OCc2nc(CC(=O)NCCCC(=O)O)cs2)cc1. The number of aryl methyl sites for hydroxylation is 1. The normalized spacial score (nSPS) is 10.4. The lowest BCUT2D eigenvalue weighted by molar-refractivity contribution is -0.137. The molecule has 6 nitrogen and oxygen atoms in total. The van der Waals surface area contributed by atoms with Gasteiger partial charge in [0.15, 0.2) is 0 Å². The highest BCUT2D eigenvalue weighted by molar-refractivity contribution is 7.09. The third-order valence-corrected chi connectivity index (χ3v) is 4.09. The van der Waals surface area contributed by atoms with Crippen molar-refractivity contribution >= 4 is 23.2 Å². The number of benzene rings is 1. The molecule has 2 N–H and O–H groups in total. The van der Waals surface area contributed by atoms with Crippen LogP contribution >= 0.6 is 11.3 Å². The van der Waals surface area contributed by atoms with Crippen molar-refractivity contribution in [2.45, 2.75) is 32.8 Å². The fourth-order valence-electron chi connectivity index (χ4n) is 1.97. The minimum Gasteiger partial charge on any atom is -0.486 e. The van der Waals surface area contributed by atoms with Crippen molar-refractivity contribution in [3.05, 3.63) is 45.9 Å². The summed E-state index contributed by atoms with van der Waals surface area (Å²) in [4.78, 5) is 26.5. The number of carboxylic acid groups (broad SMARTS) is 1. The summed E-state index contributed by atoms with van der Waals surface area (Å²) in [7, 11) is 0. The standard InChI is InChI=1S/C17H20N2O4S/c1-12-4-6-14(7-5-12)23-10-16-19-13(11-24-16)9-15(20)18-8-2-3-17(21)22/h4-7,11H,2-3,8-10H2,1H3,(H,18,20)(H,21,22). The lowest BCUT2D eigenvalue weighted by Gasteiger charge is -2.04. The molecule has 2 rings (SSSR count). The van der Waals surface area contributed by atoms with Crippen LogP contribution in [0.4, 0.5) is 0 Å². The summed E-state index contributed by atoms with van der Waals surface area (Å²) in [5.74, 6) is -0.229. The largest absolute Gasteiger partial charge is 0.486 e. The third kappa shape index (κ3) is 6.37. The second-order valence-electron chi connectivity index (χ2n) is 5.36. The molecule has 24 heavy (non-hydrogen) atoms. The number of carbonyl (C=O) groups excluding carboxylic acids is 1. The minimum atomic E-state index is -0.859. The number of aliphatic carboxylic acids is 1. The molecular formula is C17H20N2O4S. The van der Waals surface area contributed by atoms with Crippen LogP contribution in [-0.2, 0) is 22.6 Å². The molecule has 0 saturated carbocycles. The maximum Gasteiger partial charge on any atom is 0.303 e. The van der Waals surface area contributed by atoms with E-state index in [2.05, 4.69) is 10.3 Å². The van der Waals surface area contributed by atoms with Crippen LogP contribution in [0.5, 0.6) is 5.75 Å². The fraction of sp³-hybridized carbons (Fsp3) is 0.353. The molecule has 0 aliphatic carbocycles. The molecule has 0 atom stereocenters. The first-order chi connectivity index (χ1) is 11.5. The van der Waals surface area contributed by atoms with Gasteiger partial charge < -0.3 is 15.2 Å². The average Bonchev–Trinajstić information content (AvgIpc) is 2.98. The van der Waals surface area contributed by atoms with Crippen LogP contribution < -0.4 is 10.1 Å².